The van der Waals surface area contributed by atoms with E-state index in [2.05, 4.69) is 50.7 Å². The molecular formula is C30H37N8O2. The highest BCUT2D eigenvalue weighted by molar-refractivity contribution is 5.77. The number of fused-ring (bicyclic) bond motifs is 1. The van der Waals surface area contributed by atoms with Crippen LogP contribution in [0, 0.1) is 6.92 Å². The van der Waals surface area contributed by atoms with Crippen LogP contribution >= 0.6 is 0 Å². The number of benzene rings is 1. The molecule has 0 saturated carbocycles. The van der Waals surface area contributed by atoms with Crippen molar-refractivity contribution >= 4 is 28.4 Å². The van der Waals surface area contributed by atoms with Gasteiger partial charge in [0.25, 0.3) is 5.56 Å². The second kappa shape index (κ2) is 11.6. The van der Waals surface area contributed by atoms with E-state index in [-0.39, 0.29) is 12.1 Å². The number of anilines is 3. The number of nitrogens with zero attached hydrogens (tertiary/aromatic N) is 7. The molecule has 4 heterocycles. The number of hydrogen-bond acceptors (Lipinski definition) is 8. The number of allylic oxidation sites excluding steroid dienone is 1. The zero-order valence-electron chi connectivity index (χ0n) is 23.3. The molecule has 1 saturated heterocycles. The van der Waals surface area contributed by atoms with E-state index < -0.39 is 5.60 Å². The number of pyridine rings is 1. The van der Waals surface area contributed by atoms with Gasteiger partial charge in [0, 0.05) is 43.8 Å². The summed E-state index contributed by atoms with van der Waals surface area (Å²) in [6, 6.07) is 13.6. The van der Waals surface area contributed by atoms with Gasteiger partial charge in [-0.05, 0) is 63.2 Å². The van der Waals surface area contributed by atoms with Crippen LogP contribution in [0.25, 0.3) is 16.9 Å². The topological polar surface area (TPSA) is 104 Å². The summed E-state index contributed by atoms with van der Waals surface area (Å²) < 4.78 is 3.17. The molecule has 1 aliphatic rings. The Morgan fingerprint density at radius 2 is 1.82 bits per heavy atom. The third-order valence-corrected chi connectivity index (χ3v) is 7.14. The van der Waals surface area contributed by atoms with Crippen LogP contribution < -0.4 is 15.8 Å². The summed E-state index contributed by atoms with van der Waals surface area (Å²) in [5.74, 6) is 0.830. The van der Waals surface area contributed by atoms with Crippen LogP contribution in [0.4, 0.5) is 17.3 Å². The van der Waals surface area contributed by atoms with Gasteiger partial charge in [0.15, 0.2) is 11.5 Å². The van der Waals surface area contributed by atoms with E-state index in [4.69, 9.17) is 4.98 Å². The highest BCUT2D eigenvalue weighted by Gasteiger charge is 2.22. The fourth-order valence-corrected chi connectivity index (χ4v) is 4.94. The number of aliphatic hydroxyl groups is 1. The normalized spacial score (nSPS) is 14.6. The minimum Gasteiger partial charge on any atom is -0.384 e. The highest BCUT2D eigenvalue weighted by Crippen LogP contribution is 2.24. The standard InChI is InChI=1S/C30H37N8O2/c1-5-7-16-35-17-19-36(20-18-35)23-13-11-22(12-14-23)32-29-31-21-24-27(34-29)38(37(15-6-2)28(24)39)26-10-8-9-25(33-26)30(3,4)40/h6,8-14,21,40H,1-2,5,7,15-20H2,3-4H3,(H,31,32,34). The van der Waals surface area contributed by atoms with E-state index in [0.29, 0.717) is 28.5 Å². The highest BCUT2D eigenvalue weighted by atomic mass is 16.3. The Morgan fingerprint density at radius 3 is 2.50 bits per heavy atom. The zero-order valence-corrected chi connectivity index (χ0v) is 23.3. The summed E-state index contributed by atoms with van der Waals surface area (Å²) >= 11 is 0. The Bertz CT molecular complexity index is 1530. The Morgan fingerprint density at radius 1 is 1.07 bits per heavy atom. The summed E-state index contributed by atoms with van der Waals surface area (Å²) in [7, 11) is 0. The van der Waals surface area contributed by atoms with Gasteiger partial charge in [0.1, 0.15) is 11.0 Å². The maximum Gasteiger partial charge on any atom is 0.278 e. The predicted molar refractivity (Wildman–Crippen MR) is 159 cm³/mol. The molecule has 4 aromatic rings. The summed E-state index contributed by atoms with van der Waals surface area (Å²) in [5.41, 5.74) is 1.55. The lowest BCUT2D eigenvalue weighted by atomic mass is 10.1. The first-order chi connectivity index (χ1) is 19.3. The van der Waals surface area contributed by atoms with Crippen LogP contribution in [0.5, 0.6) is 0 Å². The Kier molecular flexibility index (Phi) is 7.99. The maximum atomic E-state index is 13.2. The fourth-order valence-electron chi connectivity index (χ4n) is 4.94. The first-order valence-corrected chi connectivity index (χ1v) is 13.7. The van der Waals surface area contributed by atoms with Crippen molar-refractivity contribution in [2.75, 3.05) is 42.9 Å². The molecule has 5 rings (SSSR count). The lowest BCUT2D eigenvalue weighted by Gasteiger charge is -2.36. The van der Waals surface area contributed by atoms with Gasteiger partial charge in [-0.3, -0.25) is 9.69 Å². The predicted octanol–water partition coefficient (Wildman–Crippen LogP) is 3.87. The lowest BCUT2D eigenvalue weighted by Crippen LogP contribution is -2.46. The molecule has 1 radical (unpaired) electrons. The van der Waals surface area contributed by atoms with E-state index in [1.807, 2.05) is 12.1 Å². The van der Waals surface area contributed by atoms with Gasteiger partial charge in [-0.25, -0.2) is 19.3 Å². The van der Waals surface area contributed by atoms with Gasteiger partial charge in [0.2, 0.25) is 5.95 Å². The van der Waals surface area contributed by atoms with Gasteiger partial charge < -0.3 is 15.3 Å². The second-order valence-electron chi connectivity index (χ2n) is 10.6. The van der Waals surface area contributed by atoms with Crippen molar-refractivity contribution < 1.29 is 5.11 Å². The molecule has 0 aliphatic carbocycles. The van der Waals surface area contributed by atoms with Crippen molar-refractivity contribution in [1.82, 2.24) is 29.2 Å². The molecule has 1 fully saturated rings. The first kappa shape index (κ1) is 27.5. The smallest absolute Gasteiger partial charge is 0.278 e. The first-order valence-electron chi connectivity index (χ1n) is 13.7. The summed E-state index contributed by atoms with van der Waals surface area (Å²) in [6.07, 6.45) is 5.31. The summed E-state index contributed by atoms with van der Waals surface area (Å²) in [6.45, 7) is 16.6. The van der Waals surface area contributed by atoms with Crippen LogP contribution in [0.15, 0.2) is 66.1 Å². The molecule has 0 bridgehead atoms. The number of hydrogen-bond donors (Lipinski definition) is 2. The average Bonchev–Trinajstić information content (AvgIpc) is 3.23. The van der Waals surface area contributed by atoms with Crippen molar-refractivity contribution in [3.8, 4) is 5.82 Å². The number of aromatic nitrogens is 5. The monoisotopic (exact) mass is 541 g/mol. The van der Waals surface area contributed by atoms with E-state index in [0.717, 1.165) is 51.3 Å². The van der Waals surface area contributed by atoms with Crippen LogP contribution in [-0.4, -0.2) is 67.0 Å². The molecule has 0 amide bonds. The van der Waals surface area contributed by atoms with Crippen LogP contribution in [0.1, 0.15) is 32.4 Å². The van der Waals surface area contributed by atoms with Gasteiger partial charge in [-0.2, -0.15) is 4.98 Å². The molecule has 2 N–H and O–H groups in total. The lowest BCUT2D eigenvalue weighted by molar-refractivity contribution is 0.0738. The average molecular weight is 542 g/mol. The van der Waals surface area contributed by atoms with E-state index >= 15 is 0 Å². The minimum absolute atomic E-state index is 0.243. The number of piperazine rings is 1. The van der Waals surface area contributed by atoms with Crippen LogP contribution in [-0.2, 0) is 12.1 Å². The Labute approximate surface area is 234 Å². The molecule has 0 unspecified atom stereocenters. The Hall–Kier alpha value is -4.02. The molecule has 0 spiro atoms. The third-order valence-electron chi connectivity index (χ3n) is 7.14. The van der Waals surface area contributed by atoms with Crippen LogP contribution in [0.3, 0.4) is 0 Å². The maximum absolute atomic E-state index is 13.2. The van der Waals surface area contributed by atoms with Crippen molar-refractivity contribution in [1.29, 1.82) is 0 Å². The zero-order chi connectivity index (χ0) is 28.3. The van der Waals surface area contributed by atoms with E-state index in [1.165, 1.54) is 16.6 Å². The number of rotatable bonds is 10. The van der Waals surface area contributed by atoms with Crippen molar-refractivity contribution in [2.24, 2.45) is 0 Å². The number of nitrogens with one attached hydrogen (secondary N) is 1. The minimum atomic E-state index is -1.14. The summed E-state index contributed by atoms with van der Waals surface area (Å²) in [5, 5.41) is 14.1. The fraction of sp³-hybridized carbons (Fsp3) is 0.367. The molecule has 40 heavy (non-hydrogen) atoms. The van der Waals surface area contributed by atoms with Crippen molar-refractivity contribution in [3.05, 3.63) is 84.3 Å². The molecule has 3 aromatic heterocycles. The molecule has 0 atom stereocenters. The quantitative estimate of drug-likeness (QED) is 0.292. The van der Waals surface area contributed by atoms with Crippen LogP contribution in [0.2, 0.25) is 0 Å². The Balaban J connectivity index is 1.40. The van der Waals surface area contributed by atoms with Gasteiger partial charge in [-0.1, -0.05) is 25.5 Å². The van der Waals surface area contributed by atoms with Gasteiger partial charge in [-0.15, -0.1) is 6.58 Å². The summed E-state index contributed by atoms with van der Waals surface area (Å²) in [4.78, 5) is 31.9. The largest absolute Gasteiger partial charge is 0.384 e. The third kappa shape index (κ3) is 5.78. The number of unbranched alkanes of at least 4 members (excludes halogenated alkanes) is 1. The van der Waals surface area contributed by atoms with E-state index in [9.17, 15) is 9.90 Å². The molecule has 209 valence electrons. The molecule has 10 nitrogen and oxygen atoms in total. The molecular weight excluding hydrogens is 504 g/mol. The van der Waals surface area contributed by atoms with Crippen molar-refractivity contribution in [3.63, 3.8) is 0 Å². The molecule has 1 aliphatic heterocycles. The second-order valence-corrected chi connectivity index (χ2v) is 10.6. The van der Waals surface area contributed by atoms with E-state index in [1.54, 1.807) is 42.8 Å². The molecule has 10 heteroatoms. The SMILES string of the molecule is [CH2]CCCN1CCN(c2ccc(Nc3ncc4c(=O)n(CC=C)n(-c5cccc(C(C)(C)O)n5)c4n3)cc2)CC1. The van der Waals surface area contributed by atoms with Gasteiger partial charge in [0.05, 0.1) is 12.2 Å². The molecule has 1 aromatic carbocycles. The van der Waals surface area contributed by atoms with Crippen molar-refractivity contribution in [2.45, 2.75) is 38.8 Å². The van der Waals surface area contributed by atoms with Gasteiger partial charge >= 0.3 is 0 Å².